The zero-order chi connectivity index (χ0) is 41.5. The number of nitrogens with zero attached hydrogens (tertiary/aromatic N) is 8. The third-order valence-corrected chi connectivity index (χ3v) is 9.01. The van der Waals surface area contributed by atoms with Crippen LogP contribution in [0.25, 0.3) is 11.3 Å². The Labute approximate surface area is 367 Å². The van der Waals surface area contributed by atoms with Gasteiger partial charge in [0.15, 0.2) is 11.3 Å². The van der Waals surface area contributed by atoms with Crippen molar-refractivity contribution in [3.05, 3.63) is 107 Å². The van der Waals surface area contributed by atoms with Crippen LogP contribution in [-0.4, -0.2) is 126 Å². The molecule has 0 aliphatic carbocycles. The Bertz CT molecular complexity index is 2470. The molecular formula is C38H41BF2N10NaO8. The molecule has 18 nitrogen and oxygen atoms in total. The summed E-state index contributed by atoms with van der Waals surface area (Å²) in [7, 11) is 5.82. The van der Waals surface area contributed by atoms with Crippen molar-refractivity contribution < 1.29 is 78.6 Å². The SMILES string of the molecule is CN1Cc2cc(F)ccc2OC(CO)CNC(=O)c2cnn3ccc1nc23.CO.COC(=O)C1CNC(=O)c2cnn3ccc(nc23)N(C)Cc2cc(F)ccc2O1.[B].[H-].[Na+]. The zero-order valence-corrected chi connectivity index (χ0v) is 35.4. The van der Waals surface area contributed by atoms with Crippen molar-refractivity contribution in [3.8, 4) is 11.5 Å². The number of ether oxygens (including phenoxy) is 3. The molecule has 8 rings (SSSR count). The third kappa shape index (κ3) is 10.5. The Balaban J connectivity index is 0.000000299. The number of aromatic nitrogens is 6. The Kier molecular flexibility index (Phi) is 16.3. The van der Waals surface area contributed by atoms with Crippen LogP contribution in [0.3, 0.4) is 0 Å². The fraction of sp³-hybridized carbons (Fsp3) is 0.289. The second kappa shape index (κ2) is 20.9. The normalized spacial score (nSPS) is 16.1. The number of rotatable bonds is 2. The predicted molar refractivity (Wildman–Crippen MR) is 211 cm³/mol. The summed E-state index contributed by atoms with van der Waals surface area (Å²) in [4.78, 5) is 50.0. The number of nitrogens with one attached hydrogen (secondary N) is 2. The fourth-order valence-corrected chi connectivity index (χ4v) is 6.07. The Hall–Kier alpha value is -5.87. The van der Waals surface area contributed by atoms with Gasteiger partial charge in [0, 0.05) is 66.2 Å². The summed E-state index contributed by atoms with van der Waals surface area (Å²) in [6.45, 7) is 0.227. The average molecular weight is 838 g/mol. The van der Waals surface area contributed by atoms with E-state index in [9.17, 15) is 28.3 Å². The summed E-state index contributed by atoms with van der Waals surface area (Å²) >= 11 is 0. The van der Waals surface area contributed by atoms with E-state index in [0.29, 0.717) is 57.7 Å². The van der Waals surface area contributed by atoms with Crippen LogP contribution in [0.5, 0.6) is 11.5 Å². The summed E-state index contributed by atoms with van der Waals surface area (Å²) < 4.78 is 47.1. The quantitative estimate of drug-likeness (QED) is 0.116. The van der Waals surface area contributed by atoms with Crippen molar-refractivity contribution in [2.45, 2.75) is 25.3 Å². The molecule has 3 radical (unpaired) electrons. The van der Waals surface area contributed by atoms with Crippen molar-refractivity contribution in [3.63, 3.8) is 0 Å². The Morgan fingerprint density at radius 2 is 1.28 bits per heavy atom. The van der Waals surface area contributed by atoms with Crippen LogP contribution in [0.15, 0.2) is 73.3 Å². The molecule has 2 aliphatic rings. The van der Waals surface area contributed by atoms with Crippen molar-refractivity contribution in [1.29, 1.82) is 0 Å². The first-order valence-corrected chi connectivity index (χ1v) is 17.7. The van der Waals surface area contributed by atoms with Crippen molar-refractivity contribution in [2.24, 2.45) is 0 Å². The third-order valence-electron chi connectivity index (χ3n) is 9.01. The maximum atomic E-state index is 13.9. The number of aliphatic hydroxyl groups excluding tert-OH is 2. The number of aliphatic hydroxyl groups is 2. The van der Waals surface area contributed by atoms with Crippen molar-refractivity contribution in [2.75, 3.05) is 57.8 Å². The smallest absolute Gasteiger partial charge is 1.00 e. The molecule has 22 heteroatoms. The number of carbonyl (C=O) groups excluding carboxylic acids is 3. The number of hydrogen-bond donors (Lipinski definition) is 4. The van der Waals surface area contributed by atoms with Gasteiger partial charge in [-0.15, -0.1) is 0 Å². The summed E-state index contributed by atoms with van der Waals surface area (Å²) in [6.07, 6.45) is 4.46. The second-order valence-corrected chi connectivity index (χ2v) is 12.9. The van der Waals surface area contributed by atoms with Gasteiger partial charge in [-0.05, 0) is 48.5 Å². The Morgan fingerprint density at radius 1 is 0.817 bits per heavy atom. The van der Waals surface area contributed by atoms with Gasteiger partial charge in [-0.25, -0.2) is 32.6 Å². The minimum absolute atomic E-state index is 0. The second-order valence-electron chi connectivity index (χ2n) is 12.9. The van der Waals surface area contributed by atoms with Crippen LogP contribution >= 0.6 is 0 Å². The molecule has 0 fully saturated rings. The Morgan fingerprint density at radius 3 is 1.75 bits per heavy atom. The van der Waals surface area contributed by atoms with Crippen molar-refractivity contribution >= 4 is 49.1 Å². The van der Waals surface area contributed by atoms with Crippen LogP contribution in [-0.2, 0) is 22.6 Å². The number of amides is 2. The zero-order valence-electron chi connectivity index (χ0n) is 34.4. The summed E-state index contributed by atoms with van der Waals surface area (Å²) in [5.41, 5.74) is 2.48. The molecule has 4 aromatic heterocycles. The monoisotopic (exact) mass is 837 g/mol. The van der Waals surface area contributed by atoms with E-state index < -0.39 is 29.9 Å². The molecule has 4 bridgehead atoms. The molecule has 0 spiro atoms. The predicted octanol–water partition coefficient (Wildman–Crippen LogP) is -1.50. The van der Waals surface area contributed by atoms with Gasteiger partial charge in [-0.2, -0.15) is 10.2 Å². The van der Waals surface area contributed by atoms with Gasteiger partial charge < -0.3 is 46.3 Å². The summed E-state index contributed by atoms with van der Waals surface area (Å²) in [6, 6.07) is 11.7. The number of carbonyl (C=O) groups is 3. The molecule has 0 saturated carbocycles. The molecular weight excluding hydrogens is 796 g/mol. The number of hydrogen-bond acceptors (Lipinski definition) is 14. The number of fused-ring (bicyclic) bond motifs is 4. The molecule has 2 atom stereocenters. The van der Waals surface area contributed by atoms with Crippen molar-refractivity contribution in [1.82, 2.24) is 39.8 Å². The van der Waals surface area contributed by atoms with Crippen LogP contribution in [0.1, 0.15) is 33.3 Å². The van der Waals surface area contributed by atoms with E-state index in [2.05, 4.69) is 30.8 Å². The summed E-state index contributed by atoms with van der Waals surface area (Å²) in [5.74, 6) is -0.383. The van der Waals surface area contributed by atoms with Crippen LogP contribution < -0.4 is 59.5 Å². The molecule has 2 unspecified atom stereocenters. The standard InChI is InChI=1S/C19H18FN5O4.C18H18FN5O3.CH4O.B.Na.H/c1-24-10-11-7-12(20)3-4-14(11)29-15(19(27)28-2)9-21-18(26)13-8-22-25-6-5-16(24)23-17(13)25;1-23-9-11-6-12(19)2-3-15(11)27-13(10-25)7-20-18(26)14-8-21-24-5-4-16(23)22-17(14)24;1-2;;;/h3-8,15H,9-10H2,1-2H3,(H,21,26);2-6,8,13,25H,7,9-10H2,1H3,(H,20,26);2H,1H3;;;/q;;;;+1;-1. The number of methoxy groups -OCH3 is 1. The minimum atomic E-state index is -1.11. The maximum absolute atomic E-state index is 13.9. The fourth-order valence-electron chi connectivity index (χ4n) is 6.07. The van der Waals surface area contributed by atoms with Gasteiger partial charge in [0.05, 0.1) is 39.2 Å². The maximum Gasteiger partial charge on any atom is 1.00 e. The molecule has 0 saturated heterocycles. The molecule has 309 valence electrons. The van der Waals surface area contributed by atoms with Gasteiger partial charge in [-0.3, -0.25) is 9.59 Å². The van der Waals surface area contributed by atoms with E-state index in [0.717, 1.165) is 7.11 Å². The molecule has 2 aliphatic heterocycles. The summed E-state index contributed by atoms with van der Waals surface area (Å²) in [5, 5.41) is 30.3. The van der Waals surface area contributed by atoms with Crippen LogP contribution in [0, 0.1) is 11.6 Å². The molecule has 2 aromatic carbocycles. The first kappa shape index (κ1) is 46.8. The first-order valence-electron chi connectivity index (χ1n) is 17.7. The van der Waals surface area contributed by atoms with Gasteiger partial charge in [0.25, 0.3) is 11.8 Å². The van der Waals surface area contributed by atoms with E-state index in [1.54, 1.807) is 36.5 Å². The van der Waals surface area contributed by atoms with E-state index in [1.165, 1.54) is 64.9 Å². The van der Waals surface area contributed by atoms with E-state index in [4.69, 9.17) is 19.3 Å². The number of benzene rings is 2. The number of anilines is 2. The number of esters is 1. The molecule has 60 heavy (non-hydrogen) atoms. The van der Waals surface area contributed by atoms with Gasteiger partial charge >= 0.3 is 35.5 Å². The van der Waals surface area contributed by atoms with E-state index >= 15 is 0 Å². The van der Waals surface area contributed by atoms with E-state index in [-0.39, 0.29) is 82.9 Å². The number of halogens is 2. The topological polar surface area (TPSA) is 210 Å². The molecule has 2 amide bonds. The molecule has 6 aromatic rings. The van der Waals surface area contributed by atoms with E-state index in [1.807, 2.05) is 11.9 Å². The van der Waals surface area contributed by atoms with Gasteiger partial charge in [0.1, 0.15) is 52.0 Å². The first-order chi connectivity index (χ1) is 28.0. The minimum Gasteiger partial charge on any atom is -1.00 e. The largest absolute Gasteiger partial charge is 1.00 e. The van der Waals surface area contributed by atoms with Crippen LogP contribution in [0.4, 0.5) is 20.4 Å². The molecule has 4 N–H and O–H groups in total. The molecule has 6 heterocycles. The average Bonchev–Trinajstić information content (AvgIpc) is 3.86. The van der Waals surface area contributed by atoms with Crippen LogP contribution in [0.2, 0.25) is 0 Å². The van der Waals surface area contributed by atoms with Gasteiger partial charge in [-0.1, -0.05) is 0 Å². The van der Waals surface area contributed by atoms with Gasteiger partial charge in [0.2, 0.25) is 6.10 Å².